The minimum Gasteiger partial charge on any atom is -0.497 e. The molecule has 0 aliphatic rings. The van der Waals surface area contributed by atoms with Crippen LogP contribution in [0.4, 0.5) is 10.5 Å². The van der Waals surface area contributed by atoms with E-state index in [4.69, 9.17) is 14.2 Å². The van der Waals surface area contributed by atoms with Crippen LogP contribution in [0, 0.1) is 0 Å². The van der Waals surface area contributed by atoms with Crippen molar-refractivity contribution in [3.63, 3.8) is 0 Å². The molecule has 3 rings (SSSR count). The standard InChI is InChI=1S/C32H40N4O8.CH4/c1-31(2,3)44-30(41)35-32(4,5)29(40)34-25(20-43-19-21-10-8-7-9-11-21)27(37)33-23-16-17-36(18-23)26(28(38)39)22-12-14-24(42-6)15-13-22;/h7-18,25-26H,19-20H2,1-6H3,(H,33,37)(H,34,40)(H,35,41)(H,38,39);1H4/t25-,26?;/m1./s1. The zero-order valence-corrected chi connectivity index (χ0v) is 25.7. The number of anilines is 1. The minimum atomic E-state index is -1.43. The summed E-state index contributed by atoms with van der Waals surface area (Å²) in [7, 11) is 1.52. The zero-order chi connectivity index (χ0) is 32.5. The van der Waals surface area contributed by atoms with Gasteiger partial charge in [-0.05, 0) is 63.9 Å². The highest BCUT2D eigenvalue weighted by Gasteiger charge is 2.34. The number of hydrogen-bond acceptors (Lipinski definition) is 7. The van der Waals surface area contributed by atoms with Crippen molar-refractivity contribution >= 4 is 29.6 Å². The minimum absolute atomic E-state index is 0. The van der Waals surface area contributed by atoms with Crippen molar-refractivity contribution in [2.45, 2.75) is 71.9 Å². The quantitative estimate of drug-likeness (QED) is 0.212. The summed E-state index contributed by atoms with van der Waals surface area (Å²) in [4.78, 5) is 51.2. The Hall–Kier alpha value is -4.84. The lowest BCUT2D eigenvalue weighted by molar-refractivity contribution is -0.139. The fraction of sp³-hybridized carbons (Fsp3) is 0.394. The monoisotopic (exact) mass is 624 g/mol. The highest BCUT2D eigenvalue weighted by atomic mass is 16.6. The van der Waals surface area contributed by atoms with Crippen molar-refractivity contribution in [2.75, 3.05) is 19.0 Å². The summed E-state index contributed by atoms with van der Waals surface area (Å²) >= 11 is 0. The Balaban J connectivity index is 0.00000705. The van der Waals surface area contributed by atoms with Crippen molar-refractivity contribution < 1.29 is 38.5 Å². The number of hydrogen-bond donors (Lipinski definition) is 4. The van der Waals surface area contributed by atoms with Crippen LogP contribution in [0.2, 0.25) is 0 Å². The van der Waals surface area contributed by atoms with Gasteiger partial charge in [0.2, 0.25) is 11.8 Å². The van der Waals surface area contributed by atoms with E-state index in [1.807, 2.05) is 30.3 Å². The fourth-order valence-electron chi connectivity index (χ4n) is 4.11. The Labute approximate surface area is 264 Å². The van der Waals surface area contributed by atoms with Crippen LogP contribution in [0.25, 0.3) is 0 Å². The molecule has 0 radical (unpaired) electrons. The van der Waals surface area contributed by atoms with Gasteiger partial charge in [0.25, 0.3) is 0 Å². The first-order chi connectivity index (χ1) is 20.7. The SMILES string of the molecule is C.COc1ccc(C(C(=O)O)n2ccc(NC(=O)[C@@H](COCc3ccccc3)NC(=O)C(C)(C)NC(=O)OC(C)(C)C)c2)cc1. The summed E-state index contributed by atoms with van der Waals surface area (Å²) in [5, 5.41) is 17.8. The highest BCUT2D eigenvalue weighted by Crippen LogP contribution is 2.24. The van der Waals surface area contributed by atoms with Crippen LogP contribution in [0.3, 0.4) is 0 Å². The van der Waals surface area contributed by atoms with E-state index in [0.717, 1.165) is 5.56 Å². The number of rotatable bonds is 13. The lowest BCUT2D eigenvalue weighted by Crippen LogP contribution is -2.59. The van der Waals surface area contributed by atoms with Gasteiger partial charge in [-0.2, -0.15) is 0 Å². The number of carboxylic acid groups (broad SMARTS) is 1. The number of ether oxygens (including phenoxy) is 3. The largest absolute Gasteiger partial charge is 0.497 e. The van der Waals surface area contributed by atoms with Crippen LogP contribution in [-0.4, -0.2) is 64.4 Å². The van der Waals surface area contributed by atoms with E-state index in [1.165, 1.54) is 37.9 Å². The van der Waals surface area contributed by atoms with Crippen LogP contribution in [-0.2, 0) is 30.5 Å². The van der Waals surface area contributed by atoms with Gasteiger partial charge in [0, 0.05) is 12.4 Å². The zero-order valence-electron chi connectivity index (χ0n) is 25.7. The van der Waals surface area contributed by atoms with Crippen LogP contribution < -0.4 is 20.7 Å². The molecule has 0 saturated carbocycles. The molecule has 0 saturated heterocycles. The molecule has 1 unspecified atom stereocenters. The van der Waals surface area contributed by atoms with Gasteiger partial charge in [-0.3, -0.25) is 9.59 Å². The molecule has 0 bridgehead atoms. The maximum atomic E-state index is 13.4. The molecule has 12 nitrogen and oxygen atoms in total. The van der Waals surface area contributed by atoms with Gasteiger partial charge in [0.15, 0.2) is 6.04 Å². The van der Waals surface area contributed by atoms with Gasteiger partial charge in [-0.15, -0.1) is 0 Å². The summed E-state index contributed by atoms with van der Waals surface area (Å²) in [5.41, 5.74) is -0.515. The van der Waals surface area contributed by atoms with E-state index in [0.29, 0.717) is 17.0 Å². The molecule has 3 amide bonds. The van der Waals surface area contributed by atoms with Gasteiger partial charge < -0.3 is 39.8 Å². The molecule has 1 heterocycles. The van der Waals surface area contributed by atoms with Crippen molar-refractivity contribution in [2.24, 2.45) is 0 Å². The lowest BCUT2D eigenvalue weighted by atomic mass is 10.0. The number of methoxy groups -OCH3 is 1. The second-order valence-electron chi connectivity index (χ2n) is 11.6. The number of carbonyl (C=O) groups excluding carboxylic acids is 3. The van der Waals surface area contributed by atoms with E-state index in [1.54, 1.807) is 51.1 Å². The first-order valence-electron chi connectivity index (χ1n) is 14.0. The number of nitrogens with one attached hydrogen (secondary N) is 3. The molecule has 0 fully saturated rings. The number of benzene rings is 2. The molecule has 244 valence electrons. The van der Waals surface area contributed by atoms with Crippen molar-refractivity contribution in [1.29, 1.82) is 0 Å². The molecular formula is C33H44N4O8. The van der Waals surface area contributed by atoms with E-state index in [-0.39, 0.29) is 20.6 Å². The number of alkyl carbamates (subject to hydrolysis) is 1. The van der Waals surface area contributed by atoms with Crippen molar-refractivity contribution in [3.05, 3.63) is 84.2 Å². The number of nitrogens with zero attached hydrogens (tertiary/aromatic N) is 1. The lowest BCUT2D eigenvalue weighted by Gasteiger charge is -2.29. The topological polar surface area (TPSA) is 157 Å². The van der Waals surface area contributed by atoms with Gasteiger partial charge in [-0.25, -0.2) is 9.59 Å². The maximum Gasteiger partial charge on any atom is 0.408 e. The summed E-state index contributed by atoms with van der Waals surface area (Å²) < 4.78 is 17.6. The molecule has 0 spiro atoms. The maximum absolute atomic E-state index is 13.4. The third kappa shape index (κ3) is 11.0. The van der Waals surface area contributed by atoms with Gasteiger partial charge in [0.05, 0.1) is 26.0 Å². The normalized spacial score (nSPS) is 12.6. The third-order valence-electron chi connectivity index (χ3n) is 6.34. The first-order valence-corrected chi connectivity index (χ1v) is 14.0. The molecule has 0 aliphatic heterocycles. The summed E-state index contributed by atoms with van der Waals surface area (Å²) in [5.74, 6) is -1.75. The molecular weight excluding hydrogens is 580 g/mol. The second-order valence-corrected chi connectivity index (χ2v) is 11.6. The van der Waals surface area contributed by atoms with Crippen LogP contribution in [0.1, 0.15) is 59.2 Å². The predicted molar refractivity (Wildman–Crippen MR) is 170 cm³/mol. The van der Waals surface area contributed by atoms with Crippen LogP contribution in [0.15, 0.2) is 73.1 Å². The average Bonchev–Trinajstić information content (AvgIpc) is 3.39. The van der Waals surface area contributed by atoms with Gasteiger partial charge in [-0.1, -0.05) is 49.9 Å². The summed E-state index contributed by atoms with van der Waals surface area (Å²) in [6.07, 6.45) is 2.23. The Morgan fingerprint density at radius 1 is 0.933 bits per heavy atom. The number of aromatic nitrogens is 1. The van der Waals surface area contributed by atoms with E-state index < -0.39 is 47.1 Å². The van der Waals surface area contributed by atoms with Gasteiger partial charge >= 0.3 is 12.1 Å². The van der Waals surface area contributed by atoms with E-state index >= 15 is 0 Å². The Morgan fingerprint density at radius 3 is 2.16 bits per heavy atom. The van der Waals surface area contributed by atoms with Gasteiger partial charge in [0.1, 0.15) is 22.9 Å². The Morgan fingerprint density at radius 2 is 1.58 bits per heavy atom. The molecule has 2 atom stereocenters. The molecule has 45 heavy (non-hydrogen) atoms. The Bertz CT molecular complexity index is 1430. The molecule has 2 aromatic carbocycles. The van der Waals surface area contributed by atoms with Crippen molar-refractivity contribution in [1.82, 2.24) is 15.2 Å². The smallest absolute Gasteiger partial charge is 0.408 e. The van der Waals surface area contributed by atoms with E-state index in [2.05, 4.69) is 16.0 Å². The highest BCUT2D eigenvalue weighted by molar-refractivity contribution is 5.99. The predicted octanol–water partition coefficient (Wildman–Crippen LogP) is 4.75. The first kappa shape index (κ1) is 36.4. The number of carboxylic acids is 1. The number of aliphatic carboxylic acids is 1. The second kappa shape index (κ2) is 15.8. The molecule has 12 heteroatoms. The number of amides is 3. The molecule has 3 aromatic rings. The summed E-state index contributed by atoms with van der Waals surface area (Å²) in [6.45, 7) is 8.08. The molecule has 1 aromatic heterocycles. The summed E-state index contributed by atoms with van der Waals surface area (Å²) in [6, 6.07) is 15.3. The molecule has 4 N–H and O–H groups in total. The molecule has 0 aliphatic carbocycles. The van der Waals surface area contributed by atoms with E-state index in [9.17, 15) is 24.3 Å². The van der Waals surface area contributed by atoms with Crippen LogP contribution >= 0.6 is 0 Å². The number of carbonyl (C=O) groups is 4. The van der Waals surface area contributed by atoms with Crippen LogP contribution in [0.5, 0.6) is 5.75 Å². The third-order valence-corrected chi connectivity index (χ3v) is 6.34. The average molecular weight is 625 g/mol. The van der Waals surface area contributed by atoms with Crippen molar-refractivity contribution in [3.8, 4) is 5.75 Å². The fourth-order valence-corrected chi connectivity index (χ4v) is 4.11. The Kier molecular flexibility index (Phi) is 12.7.